The zero-order valence-corrected chi connectivity index (χ0v) is 13.2. The lowest BCUT2D eigenvalue weighted by atomic mass is 10.0. The van der Waals surface area contributed by atoms with E-state index < -0.39 is 0 Å². The lowest BCUT2D eigenvalue weighted by Crippen LogP contribution is -2.30. The van der Waals surface area contributed by atoms with Crippen LogP contribution in [-0.2, 0) is 0 Å². The molecule has 0 fully saturated rings. The summed E-state index contributed by atoms with van der Waals surface area (Å²) < 4.78 is 19.5. The summed E-state index contributed by atoms with van der Waals surface area (Å²) in [7, 11) is 3.51. The fourth-order valence-corrected chi connectivity index (χ4v) is 2.33. The van der Waals surface area contributed by atoms with E-state index in [-0.39, 0.29) is 18.5 Å². The van der Waals surface area contributed by atoms with Gasteiger partial charge < -0.3 is 20.1 Å². The van der Waals surface area contributed by atoms with Crippen molar-refractivity contribution in [2.45, 2.75) is 25.8 Å². The molecule has 4 nitrogen and oxygen atoms in total. The maximum Gasteiger partial charge on any atom is 0.131 e. The lowest BCUT2D eigenvalue weighted by molar-refractivity contribution is 0.214. The van der Waals surface area contributed by atoms with Crippen molar-refractivity contribution < 1.29 is 14.2 Å². The molecule has 0 radical (unpaired) electrons. The number of hydrogen-bond acceptors (Lipinski definition) is 4. The third-order valence-electron chi connectivity index (χ3n) is 3.50. The van der Waals surface area contributed by atoms with Crippen LogP contribution in [-0.4, -0.2) is 50.4 Å². The summed E-state index contributed by atoms with van der Waals surface area (Å²) in [5.74, 6) is 0.334. The van der Waals surface area contributed by atoms with E-state index in [0.29, 0.717) is 17.9 Å². The second-order valence-corrected chi connectivity index (χ2v) is 5.18. The molecule has 0 aromatic heterocycles. The van der Waals surface area contributed by atoms with Crippen LogP contribution in [0, 0.1) is 5.82 Å². The molecule has 1 atom stereocenters. The van der Waals surface area contributed by atoms with Gasteiger partial charge in [-0.3, -0.25) is 0 Å². The Kier molecular flexibility index (Phi) is 8.27. The minimum absolute atomic E-state index is 0.0951. The Morgan fingerprint density at radius 3 is 2.76 bits per heavy atom. The Balaban J connectivity index is 2.86. The standard InChI is InChI=1S/C16H27FN2O2/c1-4-9-18-14(8-10-19(2)11-12-20)16-13(17)6-5-7-15(16)21-3/h5-7,14,18,20H,4,8-12H2,1-3H3. The molecule has 0 spiro atoms. The average Bonchev–Trinajstić information content (AvgIpc) is 2.48. The zero-order valence-electron chi connectivity index (χ0n) is 13.2. The Labute approximate surface area is 126 Å². The number of methoxy groups -OCH3 is 1. The fourth-order valence-electron chi connectivity index (χ4n) is 2.33. The van der Waals surface area contributed by atoms with Crippen LogP contribution in [0.4, 0.5) is 4.39 Å². The predicted octanol–water partition coefficient (Wildman–Crippen LogP) is 2.19. The number of rotatable bonds is 10. The molecular weight excluding hydrogens is 271 g/mol. The SMILES string of the molecule is CCCNC(CCN(C)CCO)c1c(F)cccc1OC. The molecule has 0 amide bonds. The quantitative estimate of drug-likeness (QED) is 0.695. The fraction of sp³-hybridized carbons (Fsp3) is 0.625. The number of aliphatic hydroxyl groups is 1. The highest BCUT2D eigenvalue weighted by Gasteiger charge is 2.20. The average molecular weight is 298 g/mol. The third kappa shape index (κ3) is 5.61. The summed E-state index contributed by atoms with van der Waals surface area (Å²) in [5, 5.41) is 12.3. The molecule has 0 aliphatic rings. The van der Waals surface area contributed by atoms with E-state index in [9.17, 15) is 4.39 Å². The zero-order chi connectivity index (χ0) is 15.7. The molecule has 0 aliphatic carbocycles. The Morgan fingerprint density at radius 2 is 2.14 bits per heavy atom. The van der Waals surface area contributed by atoms with Crippen molar-refractivity contribution in [1.82, 2.24) is 10.2 Å². The van der Waals surface area contributed by atoms with Crippen molar-refractivity contribution in [1.29, 1.82) is 0 Å². The maximum atomic E-state index is 14.2. The Morgan fingerprint density at radius 1 is 1.38 bits per heavy atom. The van der Waals surface area contributed by atoms with Crippen LogP contribution >= 0.6 is 0 Å². The first-order chi connectivity index (χ1) is 10.1. The molecule has 0 aliphatic heterocycles. The molecule has 5 heteroatoms. The lowest BCUT2D eigenvalue weighted by Gasteiger charge is -2.24. The maximum absolute atomic E-state index is 14.2. The summed E-state index contributed by atoms with van der Waals surface area (Å²) >= 11 is 0. The molecule has 1 unspecified atom stereocenters. The van der Waals surface area contributed by atoms with E-state index in [1.165, 1.54) is 6.07 Å². The van der Waals surface area contributed by atoms with Crippen LogP contribution in [0.5, 0.6) is 5.75 Å². The molecule has 0 saturated carbocycles. The van der Waals surface area contributed by atoms with Crippen molar-refractivity contribution in [2.75, 3.05) is 40.4 Å². The number of hydrogen-bond donors (Lipinski definition) is 2. The van der Waals surface area contributed by atoms with Gasteiger partial charge in [0, 0.05) is 18.2 Å². The molecule has 1 aromatic rings. The molecule has 120 valence electrons. The minimum atomic E-state index is -0.243. The summed E-state index contributed by atoms with van der Waals surface area (Å²) in [6, 6.07) is 4.82. The van der Waals surface area contributed by atoms with Crippen molar-refractivity contribution >= 4 is 0 Å². The van der Waals surface area contributed by atoms with Crippen LogP contribution in [0.1, 0.15) is 31.4 Å². The minimum Gasteiger partial charge on any atom is -0.496 e. The number of nitrogens with one attached hydrogen (secondary N) is 1. The Bertz CT molecular complexity index is 415. The van der Waals surface area contributed by atoms with E-state index in [4.69, 9.17) is 9.84 Å². The number of ether oxygens (including phenoxy) is 1. The van der Waals surface area contributed by atoms with Crippen LogP contribution in [0.15, 0.2) is 18.2 Å². The highest BCUT2D eigenvalue weighted by Crippen LogP contribution is 2.30. The van der Waals surface area contributed by atoms with Gasteiger partial charge in [-0.15, -0.1) is 0 Å². The topological polar surface area (TPSA) is 44.7 Å². The van der Waals surface area contributed by atoms with Gasteiger partial charge in [-0.25, -0.2) is 4.39 Å². The largest absolute Gasteiger partial charge is 0.496 e. The number of aliphatic hydroxyl groups excluding tert-OH is 1. The molecule has 21 heavy (non-hydrogen) atoms. The van der Waals surface area contributed by atoms with Crippen LogP contribution in [0.3, 0.4) is 0 Å². The van der Waals surface area contributed by atoms with E-state index in [2.05, 4.69) is 12.2 Å². The summed E-state index contributed by atoms with van der Waals surface area (Å²) in [4.78, 5) is 2.04. The van der Waals surface area contributed by atoms with E-state index in [0.717, 1.165) is 25.9 Å². The van der Waals surface area contributed by atoms with Gasteiger partial charge in [0.2, 0.25) is 0 Å². The molecule has 1 rings (SSSR count). The first-order valence-corrected chi connectivity index (χ1v) is 7.49. The second-order valence-electron chi connectivity index (χ2n) is 5.18. The first kappa shape index (κ1) is 17.9. The van der Waals surface area contributed by atoms with Gasteiger partial charge in [0.05, 0.1) is 13.7 Å². The van der Waals surface area contributed by atoms with E-state index in [1.54, 1.807) is 19.2 Å². The number of benzene rings is 1. The van der Waals surface area contributed by atoms with Gasteiger partial charge in [0.25, 0.3) is 0 Å². The number of likely N-dealkylation sites (N-methyl/N-ethyl adjacent to an activating group) is 1. The number of halogens is 1. The van der Waals surface area contributed by atoms with Gasteiger partial charge >= 0.3 is 0 Å². The Hall–Kier alpha value is -1.17. The first-order valence-electron chi connectivity index (χ1n) is 7.49. The molecular formula is C16H27FN2O2. The molecule has 0 bridgehead atoms. The van der Waals surface area contributed by atoms with Gasteiger partial charge in [0.1, 0.15) is 11.6 Å². The van der Waals surface area contributed by atoms with Crippen molar-refractivity contribution in [2.24, 2.45) is 0 Å². The number of nitrogens with zero attached hydrogens (tertiary/aromatic N) is 1. The van der Waals surface area contributed by atoms with Gasteiger partial charge in [-0.05, 0) is 45.1 Å². The van der Waals surface area contributed by atoms with Crippen molar-refractivity contribution in [3.63, 3.8) is 0 Å². The monoisotopic (exact) mass is 298 g/mol. The summed E-state index contributed by atoms with van der Waals surface area (Å²) in [6.45, 7) is 4.44. The second kappa shape index (κ2) is 9.71. The van der Waals surface area contributed by atoms with Gasteiger partial charge in [0.15, 0.2) is 0 Å². The predicted molar refractivity (Wildman–Crippen MR) is 83.2 cm³/mol. The van der Waals surface area contributed by atoms with Crippen molar-refractivity contribution in [3.05, 3.63) is 29.6 Å². The summed E-state index contributed by atoms with van der Waals surface area (Å²) in [5.41, 5.74) is 0.589. The molecule has 1 aromatic carbocycles. The van der Waals surface area contributed by atoms with Crippen LogP contribution < -0.4 is 10.1 Å². The van der Waals surface area contributed by atoms with Crippen LogP contribution in [0.25, 0.3) is 0 Å². The highest BCUT2D eigenvalue weighted by molar-refractivity contribution is 5.37. The molecule has 0 heterocycles. The van der Waals surface area contributed by atoms with Gasteiger partial charge in [-0.2, -0.15) is 0 Å². The molecule has 0 saturated heterocycles. The highest BCUT2D eigenvalue weighted by atomic mass is 19.1. The third-order valence-corrected chi connectivity index (χ3v) is 3.50. The summed E-state index contributed by atoms with van der Waals surface area (Å²) in [6.07, 6.45) is 1.74. The van der Waals surface area contributed by atoms with Gasteiger partial charge in [-0.1, -0.05) is 13.0 Å². The molecule has 2 N–H and O–H groups in total. The smallest absolute Gasteiger partial charge is 0.131 e. The normalized spacial score (nSPS) is 12.7. The van der Waals surface area contributed by atoms with E-state index in [1.807, 2.05) is 11.9 Å². The van der Waals surface area contributed by atoms with Crippen LogP contribution in [0.2, 0.25) is 0 Å². The van der Waals surface area contributed by atoms with E-state index >= 15 is 0 Å². The van der Waals surface area contributed by atoms with Crippen molar-refractivity contribution in [3.8, 4) is 5.75 Å².